The number of thiazole rings is 1. The normalized spacial score (nSPS) is 16.7. The van der Waals surface area contributed by atoms with Gasteiger partial charge in [-0.05, 0) is 37.0 Å². The van der Waals surface area contributed by atoms with Crippen LogP contribution >= 0.6 is 22.9 Å². The average Bonchev–Trinajstić information content (AvgIpc) is 3.35. The maximum atomic E-state index is 13.1. The van der Waals surface area contributed by atoms with E-state index in [0.29, 0.717) is 29.5 Å². The Bertz CT molecular complexity index is 922. The van der Waals surface area contributed by atoms with Crippen LogP contribution in [-0.4, -0.2) is 30.1 Å². The molecule has 6 heteroatoms. The summed E-state index contributed by atoms with van der Waals surface area (Å²) in [6, 6.07) is 15.8. The Labute approximate surface area is 167 Å². The molecule has 2 aromatic carbocycles. The van der Waals surface area contributed by atoms with Gasteiger partial charge in [-0.25, -0.2) is 4.98 Å². The monoisotopic (exact) mass is 400 g/mol. The first kappa shape index (κ1) is 18.4. The Morgan fingerprint density at radius 2 is 2.07 bits per heavy atom. The van der Waals surface area contributed by atoms with E-state index < -0.39 is 0 Å². The maximum Gasteiger partial charge on any atom is 0.229 e. The number of nitrogens with zero attached hydrogens (tertiary/aromatic N) is 2. The third-order valence-electron chi connectivity index (χ3n) is 4.77. The zero-order valence-electron chi connectivity index (χ0n) is 14.9. The lowest BCUT2D eigenvalue weighted by molar-refractivity contribution is -0.119. The third-order valence-corrected chi connectivity index (χ3v) is 6.12. The molecule has 27 heavy (non-hydrogen) atoms. The lowest BCUT2D eigenvalue weighted by Gasteiger charge is -2.23. The summed E-state index contributed by atoms with van der Waals surface area (Å²) >= 11 is 7.79. The SMILES string of the molecule is O=C(CCc1ccccc1)N(CC1CCCO1)c1nc2c(Cl)cccc2s1. The highest BCUT2D eigenvalue weighted by atomic mass is 35.5. The predicted molar refractivity (Wildman–Crippen MR) is 111 cm³/mol. The number of carbonyl (C=O) groups is 1. The molecular weight excluding hydrogens is 380 g/mol. The van der Waals surface area contributed by atoms with Crippen molar-refractivity contribution in [3.8, 4) is 0 Å². The fraction of sp³-hybridized carbons (Fsp3) is 0.333. The van der Waals surface area contributed by atoms with Crippen LogP contribution in [0.25, 0.3) is 10.2 Å². The molecule has 1 aliphatic heterocycles. The number of para-hydroxylation sites is 1. The van der Waals surface area contributed by atoms with Crippen molar-refractivity contribution in [3.63, 3.8) is 0 Å². The lowest BCUT2D eigenvalue weighted by atomic mass is 10.1. The summed E-state index contributed by atoms with van der Waals surface area (Å²) in [5.74, 6) is 0.0736. The molecule has 0 bridgehead atoms. The van der Waals surface area contributed by atoms with Crippen LogP contribution in [0.3, 0.4) is 0 Å². The number of rotatable bonds is 6. The van der Waals surface area contributed by atoms with Crippen molar-refractivity contribution in [2.75, 3.05) is 18.1 Å². The van der Waals surface area contributed by atoms with E-state index in [4.69, 9.17) is 16.3 Å². The van der Waals surface area contributed by atoms with Crippen LogP contribution in [0.4, 0.5) is 5.13 Å². The second kappa shape index (κ2) is 8.38. The van der Waals surface area contributed by atoms with Gasteiger partial charge in [0.2, 0.25) is 5.91 Å². The van der Waals surface area contributed by atoms with Gasteiger partial charge in [0.15, 0.2) is 5.13 Å². The molecule has 140 valence electrons. The second-order valence-corrected chi connectivity index (χ2v) is 8.12. The molecule has 0 aliphatic carbocycles. The highest BCUT2D eigenvalue weighted by Crippen LogP contribution is 2.33. The number of anilines is 1. The van der Waals surface area contributed by atoms with Gasteiger partial charge < -0.3 is 4.74 Å². The molecule has 0 saturated carbocycles. The lowest BCUT2D eigenvalue weighted by Crippen LogP contribution is -2.37. The van der Waals surface area contributed by atoms with Gasteiger partial charge in [-0.2, -0.15) is 0 Å². The minimum absolute atomic E-state index is 0.0736. The van der Waals surface area contributed by atoms with Gasteiger partial charge >= 0.3 is 0 Å². The molecule has 4 rings (SSSR count). The number of benzene rings is 2. The topological polar surface area (TPSA) is 42.4 Å². The van der Waals surface area contributed by atoms with Gasteiger partial charge in [0.1, 0.15) is 5.52 Å². The zero-order chi connectivity index (χ0) is 18.6. The quantitative estimate of drug-likeness (QED) is 0.578. The highest BCUT2D eigenvalue weighted by Gasteiger charge is 2.26. The molecule has 1 aliphatic rings. The Morgan fingerprint density at radius 1 is 1.22 bits per heavy atom. The summed E-state index contributed by atoms with van der Waals surface area (Å²) in [6.45, 7) is 1.31. The summed E-state index contributed by atoms with van der Waals surface area (Å²) in [7, 11) is 0. The molecule has 1 fully saturated rings. The number of ether oxygens (including phenoxy) is 1. The Morgan fingerprint density at radius 3 is 2.81 bits per heavy atom. The van der Waals surface area contributed by atoms with E-state index in [1.54, 1.807) is 4.90 Å². The summed E-state index contributed by atoms with van der Waals surface area (Å²) in [5.41, 5.74) is 1.92. The maximum absolute atomic E-state index is 13.1. The van der Waals surface area contributed by atoms with Gasteiger partial charge in [0, 0.05) is 13.0 Å². The Balaban J connectivity index is 1.57. The molecule has 0 N–H and O–H groups in total. The fourth-order valence-corrected chi connectivity index (χ4v) is 4.62. The predicted octanol–water partition coefficient (Wildman–Crippen LogP) is 5.09. The Hall–Kier alpha value is -1.95. The van der Waals surface area contributed by atoms with Crippen molar-refractivity contribution in [1.82, 2.24) is 4.98 Å². The number of fused-ring (bicyclic) bond motifs is 1. The van der Waals surface area contributed by atoms with E-state index in [9.17, 15) is 4.79 Å². The largest absolute Gasteiger partial charge is 0.376 e. The summed E-state index contributed by atoms with van der Waals surface area (Å²) in [4.78, 5) is 19.5. The summed E-state index contributed by atoms with van der Waals surface area (Å²) in [6.07, 6.45) is 3.26. The molecule has 4 nitrogen and oxygen atoms in total. The molecule has 1 saturated heterocycles. The minimum Gasteiger partial charge on any atom is -0.376 e. The molecule has 1 amide bonds. The molecule has 3 aromatic rings. The number of aromatic nitrogens is 1. The van der Waals surface area contributed by atoms with Crippen LogP contribution in [0.15, 0.2) is 48.5 Å². The van der Waals surface area contributed by atoms with E-state index in [0.717, 1.165) is 35.2 Å². The van der Waals surface area contributed by atoms with Gasteiger partial charge in [-0.1, -0.05) is 59.3 Å². The number of hydrogen-bond acceptors (Lipinski definition) is 4. The van der Waals surface area contributed by atoms with Crippen molar-refractivity contribution in [3.05, 3.63) is 59.1 Å². The molecule has 0 spiro atoms. The molecule has 1 aromatic heterocycles. The second-order valence-electron chi connectivity index (χ2n) is 6.71. The average molecular weight is 401 g/mol. The van der Waals surface area contributed by atoms with Crippen LogP contribution < -0.4 is 4.90 Å². The number of hydrogen-bond donors (Lipinski definition) is 0. The molecule has 2 heterocycles. The van der Waals surface area contributed by atoms with Crippen LogP contribution in [0.5, 0.6) is 0 Å². The highest BCUT2D eigenvalue weighted by molar-refractivity contribution is 7.22. The van der Waals surface area contributed by atoms with Crippen molar-refractivity contribution < 1.29 is 9.53 Å². The van der Waals surface area contributed by atoms with Gasteiger partial charge in [-0.15, -0.1) is 0 Å². The van der Waals surface area contributed by atoms with Crippen molar-refractivity contribution in [1.29, 1.82) is 0 Å². The van der Waals surface area contributed by atoms with E-state index in [1.165, 1.54) is 11.3 Å². The van der Waals surface area contributed by atoms with Crippen LogP contribution in [-0.2, 0) is 16.0 Å². The molecule has 1 atom stereocenters. The first-order valence-corrected chi connectivity index (χ1v) is 10.4. The smallest absolute Gasteiger partial charge is 0.229 e. The standard InChI is InChI=1S/C21H21ClN2O2S/c22-17-9-4-10-18-20(17)23-21(27-18)24(14-16-8-5-13-26-16)19(25)12-11-15-6-2-1-3-7-15/h1-4,6-7,9-10,16H,5,8,11-14H2. The van der Waals surface area contributed by atoms with Gasteiger partial charge in [-0.3, -0.25) is 9.69 Å². The summed E-state index contributed by atoms with van der Waals surface area (Å²) < 4.78 is 6.76. The van der Waals surface area contributed by atoms with E-state index in [-0.39, 0.29) is 12.0 Å². The van der Waals surface area contributed by atoms with Crippen LogP contribution in [0.1, 0.15) is 24.8 Å². The third kappa shape index (κ3) is 4.32. The first-order chi connectivity index (χ1) is 13.2. The molecule has 1 unspecified atom stereocenters. The fourth-order valence-electron chi connectivity index (χ4n) is 3.33. The van der Waals surface area contributed by atoms with E-state index in [2.05, 4.69) is 17.1 Å². The number of halogens is 1. The van der Waals surface area contributed by atoms with Crippen LogP contribution in [0.2, 0.25) is 5.02 Å². The van der Waals surface area contributed by atoms with Crippen molar-refractivity contribution in [2.24, 2.45) is 0 Å². The molecule has 0 radical (unpaired) electrons. The number of amides is 1. The van der Waals surface area contributed by atoms with E-state index in [1.807, 2.05) is 36.4 Å². The Kier molecular flexibility index (Phi) is 5.72. The zero-order valence-corrected chi connectivity index (χ0v) is 16.5. The van der Waals surface area contributed by atoms with Crippen molar-refractivity contribution >= 4 is 44.2 Å². The number of carbonyl (C=O) groups excluding carboxylic acids is 1. The summed E-state index contributed by atoms with van der Waals surface area (Å²) in [5, 5.41) is 1.32. The van der Waals surface area contributed by atoms with Gasteiger partial charge in [0.05, 0.1) is 22.4 Å². The first-order valence-electron chi connectivity index (χ1n) is 9.21. The number of aryl methyl sites for hydroxylation is 1. The van der Waals surface area contributed by atoms with Crippen molar-refractivity contribution in [2.45, 2.75) is 31.8 Å². The van der Waals surface area contributed by atoms with E-state index >= 15 is 0 Å². The minimum atomic E-state index is 0.0736. The molecular formula is C21H21ClN2O2S. The van der Waals surface area contributed by atoms with Gasteiger partial charge in [0.25, 0.3) is 0 Å². The van der Waals surface area contributed by atoms with Crippen LogP contribution in [0, 0.1) is 0 Å².